The zero-order chi connectivity index (χ0) is 20.2. The molecule has 1 atom stereocenters. The molecule has 2 aromatic rings. The fourth-order valence-corrected chi connectivity index (χ4v) is 9.43. The predicted molar refractivity (Wildman–Crippen MR) is 114 cm³/mol. The molecule has 2 aromatic carbocycles. The maximum absolute atomic E-state index is 13.3. The molecular formula is C22H31NO3Sn. The Balaban J connectivity index is 2.58. The topological polar surface area (TPSA) is 38.8 Å². The molecule has 0 spiro atoms. The SMILES string of the molecule is COc1ccc(N(C(=O)OC(C)(C)C)[C@H](c2ccccc2)[Sn]([CH3])([CH3])[CH3])cc1. The number of carbonyl (C=O) groups is 1. The van der Waals surface area contributed by atoms with Crippen LogP contribution in [0, 0.1) is 0 Å². The van der Waals surface area contributed by atoms with E-state index in [0.717, 1.165) is 17.0 Å². The number of hydrogen-bond acceptors (Lipinski definition) is 3. The molecule has 0 unspecified atom stereocenters. The van der Waals surface area contributed by atoms with Crippen molar-refractivity contribution >= 4 is 30.2 Å². The van der Waals surface area contributed by atoms with Gasteiger partial charge in [-0.25, -0.2) is 0 Å². The molecule has 0 aliphatic carbocycles. The Morgan fingerprint density at radius 3 is 1.96 bits per heavy atom. The van der Waals surface area contributed by atoms with Crippen molar-refractivity contribution in [3.63, 3.8) is 0 Å². The second kappa shape index (κ2) is 8.55. The minimum atomic E-state index is -2.67. The first kappa shape index (κ1) is 21.6. The molecule has 146 valence electrons. The van der Waals surface area contributed by atoms with E-state index in [0.29, 0.717) is 0 Å². The molecule has 0 radical (unpaired) electrons. The first-order chi connectivity index (χ1) is 12.5. The van der Waals surface area contributed by atoms with Gasteiger partial charge in [0.05, 0.1) is 0 Å². The molecule has 0 saturated heterocycles. The number of ether oxygens (including phenoxy) is 2. The van der Waals surface area contributed by atoms with E-state index >= 15 is 0 Å². The van der Waals surface area contributed by atoms with Crippen molar-refractivity contribution in [2.24, 2.45) is 0 Å². The second-order valence-corrected chi connectivity index (χ2v) is 23.8. The third-order valence-electron chi connectivity index (χ3n) is 4.13. The molecule has 0 N–H and O–H groups in total. The van der Waals surface area contributed by atoms with Gasteiger partial charge >= 0.3 is 168 Å². The van der Waals surface area contributed by atoms with Gasteiger partial charge in [-0.05, 0) is 0 Å². The first-order valence-electron chi connectivity index (χ1n) is 9.24. The third-order valence-corrected chi connectivity index (χ3v) is 10.5. The van der Waals surface area contributed by atoms with Gasteiger partial charge < -0.3 is 0 Å². The summed E-state index contributed by atoms with van der Waals surface area (Å²) in [5, 5.41) is 0. The first-order valence-corrected chi connectivity index (χ1v) is 19.4. The number of methoxy groups -OCH3 is 1. The van der Waals surface area contributed by atoms with Gasteiger partial charge in [0.25, 0.3) is 0 Å². The van der Waals surface area contributed by atoms with E-state index in [-0.39, 0.29) is 10.2 Å². The molecule has 27 heavy (non-hydrogen) atoms. The monoisotopic (exact) mass is 477 g/mol. The van der Waals surface area contributed by atoms with Crippen LogP contribution >= 0.6 is 0 Å². The summed E-state index contributed by atoms with van der Waals surface area (Å²) in [6, 6.07) is 17.9. The van der Waals surface area contributed by atoms with Gasteiger partial charge in [0.15, 0.2) is 0 Å². The van der Waals surface area contributed by atoms with E-state index in [1.54, 1.807) is 7.11 Å². The van der Waals surface area contributed by atoms with Gasteiger partial charge in [0.2, 0.25) is 0 Å². The third kappa shape index (κ3) is 5.89. The zero-order valence-electron chi connectivity index (χ0n) is 17.4. The van der Waals surface area contributed by atoms with Crippen molar-refractivity contribution < 1.29 is 14.3 Å². The fraction of sp³-hybridized carbons (Fsp3) is 0.409. The van der Waals surface area contributed by atoms with Gasteiger partial charge in [0.1, 0.15) is 0 Å². The van der Waals surface area contributed by atoms with Crippen LogP contribution in [0.25, 0.3) is 0 Å². The Labute approximate surface area is 167 Å². The molecule has 1 amide bonds. The molecular weight excluding hydrogens is 445 g/mol. The Morgan fingerprint density at radius 2 is 1.52 bits per heavy atom. The summed E-state index contributed by atoms with van der Waals surface area (Å²) < 4.78 is 11.1. The van der Waals surface area contributed by atoms with Crippen LogP contribution in [0.2, 0.25) is 14.8 Å². The van der Waals surface area contributed by atoms with Crippen molar-refractivity contribution in [1.29, 1.82) is 0 Å². The van der Waals surface area contributed by atoms with Crippen molar-refractivity contribution in [1.82, 2.24) is 0 Å². The Morgan fingerprint density at radius 1 is 0.963 bits per heavy atom. The van der Waals surface area contributed by atoms with E-state index in [9.17, 15) is 4.79 Å². The van der Waals surface area contributed by atoms with Crippen molar-refractivity contribution in [2.75, 3.05) is 12.0 Å². The summed E-state index contributed by atoms with van der Waals surface area (Å²) in [4.78, 5) is 22.1. The maximum atomic E-state index is 13.3. The average molecular weight is 476 g/mol. The van der Waals surface area contributed by atoms with Crippen LogP contribution in [-0.4, -0.2) is 37.2 Å². The van der Waals surface area contributed by atoms with E-state index in [4.69, 9.17) is 9.47 Å². The Bertz CT molecular complexity index is 746. The van der Waals surface area contributed by atoms with E-state index in [1.807, 2.05) is 68.1 Å². The van der Waals surface area contributed by atoms with Crippen LogP contribution in [0.15, 0.2) is 54.6 Å². The molecule has 0 heterocycles. The van der Waals surface area contributed by atoms with Crippen LogP contribution < -0.4 is 9.64 Å². The van der Waals surface area contributed by atoms with Crippen LogP contribution in [0.5, 0.6) is 5.75 Å². The van der Waals surface area contributed by atoms with Crippen LogP contribution in [0.1, 0.15) is 30.4 Å². The molecule has 0 aliphatic rings. The van der Waals surface area contributed by atoms with Crippen LogP contribution in [0.4, 0.5) is 10.5 Å². The number of nitrogens with zero attached hydrogens (tertiary/aromatic N) is 1. The molecule has 2 rings (SSSR count). The predicted octanol–water partition coefficient (Wildman–Crippen LogP) is 6.06. The van der Waals surface area contributed by atoms with Crippen molar-refractivity contribution in [3.8, 4) is 5.75 Å². The molecule has 0 bridgehead atoms. The Kier molecular flexibility index (Phi) is 6.84. The summed E-state index contributed by atoms with van der Waals surface area (Å²) in [6.45, 7) is 5.69. The van der Waals surface area contributed by atoms with Crippen LogP contribution in [0.3, 0.4) is 0 Å². The normalized spacial score (nSPS) is 13.0. The van der Waals surface area contributed by atoms with Gasteiger partial charge in [-0.1, -0.05) is 0 Å². The summed E-state index contributed by atoms with van der Waals surface area (Å²) >= 11 is -2.67. The molecule has 0 saturated carbocycles. The summed E-state index contributed by atoms with van der Waals surface area (Å²) in [6.07, 6.45) is -0.312. The number of benzene rings is 2. The zero-order valence-corrected chi connectivity index (χ0v) is 20.3. The molecule has 4 nitrogen and oxygen atoms in total. The summed E-state index contributed by atoms with van der Waals surface area (Å²) in [7, 11) is 1.64. The molecule has 5 heteroatoms. The standard InChI is InChI=1S/C19H22NO3.3CH3.Sn/c1-19(2,3)23-18(21)20(14-15-8-6-5-7-9-15)16-10-12-17(22-4)13-11-16;;;;/h5-14H,1-4H3;3*1H3;. The molecule has 0 aliphatic heterocycles. The van der Waals surface area contributed by atoms with E-state index in [2.05, 4.69) is 27.0 Å². The quantitative estimate of drug-likeness (QED) is 0.493. The summed E-state index contributed by atoms with van der Waals surface area (Å²) in [5.74, 6) is 0.762. The molecule has 0 aromatic heterocycles. The Hall–Kier alpha value is -1.69. The number of carbonyl (C=O) groups excluding carboxylic acids is 1. The number of amides is 1. The number of anilines is 1. The van der Waals surface area contributed by atoms with Gasteiger partial charge in [-0.15, -0.1) is 0 Å². The summed E-state index contributed by atoms with van der Waals surface area (Å²) in [5.41, 5.74) is 1.42. The van der Waals surface area contributed by atoms with Gasteiger partial charge in [-0.3, -0.25) is 0 Å². The average Bonchev–Trinajstić information content (AvgIpc) is 2.57. The van der Waals surface area contributed by atoms with Gasteiger partial charge in [-0.2, -0.15) is 0 Å². The van der Waals surface area contributed by atoms with Gasteiger partial charge in [0, 0.05) is 0 Å². The molecule has 0 fully saturated rings. The number of rotatable bonds is 5. The van der Waals surface area contributed by atoms with Crippen molar-refractivity contribution in [3.05, 3.63) is 60.2 Å². The second-order valence-electron chi connectivity index (χ2n) is 8.73. The minimum absolute atomic E-state index is 0.0174. The van der Waals surface area contributed by atoms with E-state index < -0.39 is 24.0 Å². The fourth-order valence-electron chi connectivity index (χ4n) is 3.09. The van der Waals surface area contributed by atoms with E-state index in [1.165, 1.54) is 0 Å². The number of hydrogen-bond donors (Lipinski definition) is 0. The van der Waals surface area contributed by atoms with Crippen molar-refractivity contribution in [2.45, 2.75) is 45.2 Å². The van der Waals surface area contributed by atoms with Crippen LogP contribution in [-0.2, 0) is 4.74 Å².